The molecule has 0 atom stereocenters. The molecule has 1 fully saturated rings. The number of hydrogen-bond acceptors (Lipinski definition) is 2. The Labute approximate surface area is 170 Å². The lowest BCUT2D eigenvalue weighted by atomic mass is 9.77. The fourth-order valence-corrected chi connectivity index (χ4v) is 4.46. The Morgan fingerprint density at radius 1 is 0.893 bits per heavy atom. The zero-order chi connectivity index (χ0) is 19.8. The molecule has 3 rings (SSSR count). The molecule has 1 aliphatic carbocycles. The number of benzene rings is 1. The van der Waals surface area contributed by atoms with Gasteiger partial charge in [0.15, 0.2) is 0 Å². The average Bonchev–Trinajstić information content (AvgIpc) is 2.74. The molecule has 1 aromatic carbocycles. The van der Waals surface area contributed by atoms with Crippen molar-refractivity contribution >= 4 is 0 Å². The van der Waals surface area contributed by atoms with Gasteiger partial charge < -0.3 is 0 Å². The zero-order valence-electron chi connectivity index (χ0n) is 17.6. The fourth-order valence-electron chi connectivity index (χ4n) is 4.46. The molecule has 1 aromatic heterocycles. The summed E-state index contributed by atoms with van der Waals surface area (Å²) in [6.07, 6.45) is 13.7. The zero-order valence-corrected chi connectivity index (χ0v) is 17.6. The second kappa shape index (κ2) is 10.7. The van der Waals surface area contributed by atoms with Gasteiger partial charge in [0.2, 0.25) is 0 Å². The van der Waals surface area contributed by atoms with Gasteiger partial charge in [0.1, 0.15) is 5.82 Å². The van der Waals surface area contributed by atoms with Gasteiger partial charge >= 0.3 is 0 Å². The van der Waals surface area contributed by atoms with Crippen molar-refractivity contribution in [2.45, 2.75) is 84.5 Å². The molecule has 2 nitrogen and oxygen atoms in total. The SMILES string of the molecule is CCCCC[C@H]1CC[C@H](CCc2ccc(-c3ccc(CC)nn3)cc2F)CC1. The summed E-state index contributed by atoms with van der Waals surface area (Å²) in [6.45, 7) is 4.33. The van der Waals surface area contributed by atoms with Crippen LogP contribution in [0.25, 0.3) is 11.3 Å². The van der Waals surface area contributed by atoms with E-state index in [-0.39, 0.29) is 5.82 Å². The molecule has 3 heteroatoms. The quantitative estimate of drug-likeness (QED) is 0.430. The van der Waals surface area contributed by atoms with E-state index in [9.17, 15) is 4.39 Å². The molecule has 1 aliphatic rings. The number of halogens is 1. The number of aryl methyl sites for hydroxylation is 2. The molecule has 2 aromatic rings. The van der Waals surface area contributed by atoms with E-state index >= 15 is 0 Å². The maximum absolute atomic E-state index is 14.6. The van der Waals surface area contributed by atoms with Crippen LogP contribution in [0.4, 0.5) is 4.39 Å². The van der Waals surface area contributed by atoms with Crippen LogP contribution in [0.5, 0.6) is 0 Å². The molecule has 0 radical (unpaired) electrons. The lowest BCUT2D eigenvalue weighted by molar-refractivity contribution is 0.248. The smallest absolute Gasteiger partial charge is 0.127 e. The Balaban J connectivity index is 1.49. The summed E-state index contributed by atoms with van der Waals surface area (Å²) in [7, 11) is 0. The van der Waals surface area contributed by atoms with Crippen molar-refractivity contribution in [2.24, 2.45) is 11.8 Å². The van der Waals surface area contributed by atoms with Gasteiger partial charge in [0.05, 0.1) is 11.4 Å². The molecule has 0 saturated heterocycles. The summed E-state index contributed by atoms with van der Waals surface area (Å²) >= 11 is 0. The van der Waals surface area contributed by atoms with Crippen molar-refractivity contribution in [2.75, 3.05) is 0 Å². The van der Waals surface area contributed by atoms with Crippen LogP contribution >= 0.6 is 0 Å². The largest absolute Gasteiger partial charge is 0.207 e. The second-order valence-corrected chi connectivity index (χ2v) is 8.49. The fraction of sp³-hybridized carbons (Fsp3) is 0.600. The van der Waals surface area contributed by atoms with Crippen LogP contribution in [0, 0.1) is 17.7 Å². The number of hydrogen-bond donors (Lipinski definition) is 0. The van der Waals surface area contributed by atoms with E-state index in [1.807, 2.05) is 24.3 Å². The maximum atomic E-state index is 14.6. The third-order valence-corrected chi connectivity index (χ3v) is 6.44. The van der Waals surface area contributed by atoms with E-state index in [2.05, 4.69) is 24.0 Å². The molecule has 152 valence electrons. The number of nitrogens with zero attached hydrogens (tertiary/aromatic N) is 2. The normalized spacial score (nSPS) is 19.7. The Hall–Kier alpha value is -1.77. The van der Waals surface area contributed by atoms with E-state index in [0.29, 0.717) is 0 Å². The third-order valence-electron chi connectivity index (χ3n) is 6.44. The molecule has 0 unspecified atom stereocenters. The van der Waals surface area contributed by atoms with Crippen molar-refractivity contribution in [3.05, 3.63) is 47.4 Å². The monoisotopic (exact) mass is 382 g/mol. The van der Waals surface area contributed by atoms with Gasteiger partial charge in [-0.3, -0.25) is 0 Å². The maximum Gasteiger partial charge on any atom is 0.127 e. The predicted octanol–water partition coefficient (Wildman–Crippen LogP) is 7.16. The van der Waals surface area contributed by atoms with Crippen LogP contribution < -0.4 is 0 Å². The first-order valence-electron chi connectivity index (χ1n) is 11.3. The molecule has 0 bridgehead atoms. The molecule has 0 amide bonds. The van der Waals surface area contributed by atoms with Gasteiger partial charge in [-0.05, 0) is 54.9 Å². The van der Waals surface area contributed by atoms with Crippen LogP contribution in [-0.4, -0.2) is 10.2 Å². The Morgan fingerprint density at radius 3 is 2.25 bits per heavy atom. The predicted molar refractivity (Wildman–Crippen MR) is 115 cm³/mol. The topological polar surface area (TPSA) is 25.8 Å². The van der Waals surface area contributed by atoms with Gasteiger partial charge in [0, 0.05) is 5.56 Å². The number of unbranched alkanes of at least 4 members (excludes halogenated alkanes) is 2. The van der Waals surface area contributed by atoms with Gasteiger partial charge in [-0.15, -0.1) is 0 Å². The number of rotatable bonds is 9. The highest BCUT2D eigenvalue weighted by molar-refractivity contribution is 5.59. The highest BCUT2D eigenvalue weighted by Crippen LogP contribution is 2.34. The molecule has 1 saturated carbocycles. The molecular weight excluding hydrogens is 347 g/mol. The van der Waals surface area contributed by atoms with Gasteiger partial charge in [-0.25, -0.2) is 4.39 Å². The minimum atomic E-state index is -0.105. The molecular formula is C25H35FN2. The highest BCUT2D eigenvalue weighted by atomic mass is 19.1. The van der Waals surface area contributed by atoms with Crippen LogP contribution in [0.3, 0.4) is 0 Å². The van der Waals surface area contributed by atoms with Crippen molar-refractivity contribution < 1.29 is 4.39 Å². The Morgan fingerprint density at radius 2 is 1.64 bits per heavy atom. The average molecular weight is 383 g/mol. The summed E-state index contributed by atoms with van der Waals surface area (Å²) in [6, 6.07) is 9.44. The van der Waals surface area contributed by atoms with Crippen LogP contribution in [0.2, 0.25) is 0 Å². The second-order valence-electron chi connectivity index (χ2n) is 8.49. The van der Waals surface area contributed by atoms with E-state index in [4.69, 9.17) is 0 Å². The molecule has 0 aliphatic heterocycles. The first-order chi connectivity index (χ1) is 13.7. The first kappa shape index (κ1) is 21.0. The standard InChI is InChI=1S/C25H35FN2/c1-3-5-6-7-19-8-10-20(11-9-19)12-13-21-14-15-22(18-24(21)26)25-17-16-23(4-2)27-28-25/h14-20H,3-13H2,1-2H3/t19-,20-. The molecule has 0 spiro atoms. The lowest BCUT2D eigenvalue weighted by Gasteiger charge is -2.28. The van der Waals surface area contributed by atoms with Crippen molar-refractivity contribution in [1.29, 1.82) is 0 Å². The van der Waals surface area contributed by atoms with Crippen molar-refractivity contribution in [3.8, 4) is 11.3 Å². The Kier molecular flexibility index (Phi) is 8.00. The van der Waals surface area contributed by atoms with Crippen molar-refractivity contribution in [1.82, 2.24) is 10.2 Å². The minimum absolute atomic E-state index is 0.105. The summed E-state index contributed by atoms with van der Waals surface area (Å²) in [5.74, 6) is 1.61. The summed E-state index contributed by atoms with van der Waals surface area (Å²) < 4.78 is 14.6. The highest BCUT2D eigenvalue weighted by Gasteiger charge is 2.21. The van der Waals surface area contributed by atoms with Crippen LogP contribution in [0.15, 0.2) is 30.3 Å². The van der Waals surface area contributed by atoms with Gasteiger partial charge in [-0.1, -0.05) is 77.3 Å². The summed E-state index contributed by atoms with van der Waals surface area (Å²) in [5, 5.41) is 8.41. The first-order valence-corrected chi connectivity index (χ1v) is 11.3. The lowest BCUT2D eigenvalue weighted by Crippen LogP contribution is -2.15. The molecule has 1 heterocycles. The van der Waals surface area contributed by atoms with E-state index < -0.39 is 0 Å². The molecule has 0 N–H and O–H groups in total. The van der Waals surface area contributed by atoms with Crippen LogP contribution in [-0.2, 0) is 12.8 Å². The van der Waals surface area contributed by atoms with E-state index in [1.54, 1.807) is 6.07 Å². The third kappa shape index (κ3) is 5.86. The van der Waals surface area contributed by atoms with Crippen LogP contribution in [0.1, 0.15) is 82.9 Å². The van der Waals surface area contributed by atoms with Gasteiger partial charge in [0.25, 0.3) is 0 Å². The Bertz CT molecular complexity index is 718. The molecule has 28 heavy (non-hydrogen) atoms. The van der Waals surface area contributed by atoms with Gasteiger partial charge in [-0.2, -0.15) is 10.2 Å². The minimum Gasteiger partial charge on any atom is -0.207 e. The van der Waals surface area contributed by atoms with E-state index in [1.165, 1.54) is 51.4 Å². The number of aromatic nitrogens is 2. The summed E-state index contributed by atoms with van der Waals surface area (Å²) in [5.41, 5.74) is 3.35. The van der Waals surface area contributed by atoms with E-state index in [0.717, 1.165) is 53.6 Å². The van der Waals surface area contributed by atoms with Crippen molar-refractivity contribution in [3.63, 3.8) is 0 Å². The summed E-state index contributed by atoms with van der Waals surface area (Å²) in [4.78, 5) is 0.